The third-order valence-electron chi connectivity index (χ3n) is 9.69. The zero-order valence-electron chi connectivity index (χ0n) is 27.1. The number of anilines is 1. The fourth-order valence-corrected chi connectivity index (χ4v) is 7.35. The summed E-state index contributed by atoms with van der Waals surface area (Å²) in [6, 6.07) is 12.5. The number of piperazine rings is 1. The van der Waals surface area contributed by atoms with E-state index in [4.69, 9.17) is 33.2 Å². The first-order valence-corrected chi connectivity index (χ1v) is 15.8. The van der Waals surface area contributed by atoms with Gasteiger partial charge in [-0.15, -0.1) is 0 Å². The average Bonchev–Trinajstić information content (AvgIpc) is 3.72. The van der Waals surface area contributed by atoms with Gasteiger partial charge in [-0.1, -0.05) is 6.07 Å². The van der Waals surface area contributed by atoms with Gasteiger partial charge in [-0.3, -0.25) is 14.5 Å². The standard InChI is InChI=1S/C35H35F3N2O9/c1-43-27-11-19(12-28(44-2)33(27)45-3)30-22-14-25-26(48-18-47-25)15-23(22)32(24-17-46-34(42)31(24)30)49-29(41)16-39-7-9-40(10-8-39)21-6-4-5-20(13-21)35(36,37)38/h4-6,11-15,24,30-32H,7-10,16-18H2,1-3H3/t24-,30+,31-,32-/m0/s1. The second-order valence-corrected chi connectivity index (χ2v) is 12.3. The number of fused-ring (bicyclic) bond motifs is 3. The lowest BCUT2D eigenvalue weighted by Gasteiger charge is -2.39. The minimum atomic E-state index is -4.43. The van der Waals surface area contributed by atoms with Gasteiger partial charge >= 0.3 is 18.1 Å². The maximum atomic E-state index is 13.6. The van der Waals surface area contributed by atoms with E-state index in [-0.39, 0.29) is 19.9 Å². The molecule has 14 heteroatoms. The Morgan fingerprint density at radius 1 is 0.878 bits per heavy atom. The maximum Gasteiger partial charge on any atom is 0.416 e. The summed E-state index contributed by atoms with van der Waals surface area (Å²) in [6.07, 6.45) is -5.25. The fourth-order valence-electron chi connectivity index (χ4n) is 7.35. The molecule has 260 valence electrons. The van der Waals surface area contributed by atoms with Crippen LogP contribution in [0.25, 0.3) is 0 Å². The Kier molecular flexibility index (Phi) is 8.59. The number of hydrogen-bond acceptors (Lipinski definition) is 11. The highest BCUT2D eigenvalue weighted by Gasteiger charge is 2.54. The van der Waals surface area contributed by atoms with Crippen molar-refractivity contribution in [1.29, 1.82) is 0 Å². The van der Waals surface area contributed by atoms with E-state index in [1.54, 1.807) is 24.3 Å². The Morgan fingerprint density at radius 2 is 1.55 bits per heavy atom. The molecule has 4 atom stereocenters. The van der Waals surface area contributed by atoms with Crippen LogP contribution in [0, 0.1) is 11.8 Å². The lowest BCUT2D eigenvalue weighted by molar-refractivity contribution is -0.156. The number of ether oxygens (including phenoxy) is 7. The fraction of sp³-hybridized carbons (Fsp3) is 0.429. The molecule has 0 radical (unpaired) electrons. The minimum Gasteiger partial charge on any atom is -0.493 e. The quantitative estimate of drug-likeness (QED) is 0.306. The molecule has 1 aliphatic carbocycles. The van der Waals surface area contributed by atoms with Gasteiger partial charge < -0.3 is 38.1 Å². The van der Waals surface area contributed by atoms with Crippen molar-refractivity contribution >= 4 is 17.6 Å². The van der Waals surface area contributed by atoms with Crippen LogP contribution >= 0.6 is 0 Å². The van der Waals surface area contributed by atoms with Crippen molar-refractivity contribution in [2.24, 2.45) is 11.8 Å². The summed E-state index contributed by atoms with van der Waals surface area (Å²) in [7, 11) is 4.54. The predicted molar refractivity (Wildman–Crippen MR) is 167 cm³/mol. The molecule has 0 aromatic heterocycles. The van der Waals surface area contributed by atoms with Crippen molar-refractivity contribution in [2.45, 2.75) is 18.2 Å². The number of halogens is 3. The van der Waals surface area contributed by atoms with E-state index < -0.39 is 47.5 Å². The van der Waals surface area contributed by atoms with Gasteiger partial charge in [-0.25, -0.2) is 0 Å². The molecule has 3 heterocycles. The molecule has 0 spiro atoms. The number of hydrogen-bond donors (Lipinski definition) is 0. The van der Waals surface area contributed by atoms with Gasteiger partial charge in [0.25, 0.3) is 0 Å². The van der Waals surface area contributed by atoms with Crippen molar-refractivity contribution in [3.8, 4) is 28.7 Å². The number of alkyl halides is 3. The monoisotopic (exact) mass is 684 g/mol. The zero-order valence-corrected chi connectivity index (χ0v) is 27.1. The lowest BCUT2D eigenvalue weighted by atomic mass is 9.66. The summed E-state index contributed by atoms with van der Waals surface area (Å²) < 4.78 is 79.8. The van der Waals surface area contributed by atoms with Crippen molar-refractivity contribution in [1.82, 2.24) is 4.90 Å². The molecule has 0 bridgehead atoms. The normalized spacial score (nSPS) is 23.0. The SMILES string of the molecule is COc1cc([C@@H]2c3cc4c(cc3[C@H](OC(=O)CN3CCN(c5cccc(C(F)(F)F)c5)CC3)[C@H]3COC(=O)[C@H]23)OCO4)cc(OC)c1OC. The highest BCUT2D eigenvalue weighted by atomic mass is 19.4. The number of rotatable bonds is 8. The summed E-state index contributed by atoms with van der Waals surface area (Å²) in [5, 5.41) is 0. The van der Waals surface area contributed by atoms with Crippen molar-refractivity contribution in [3.63, 3.8) is 0 Å². The van der Waals surface area contributed by atoms with E-state index in [1.807, 2.05) is 15.9 Å². The average molecular weight is 685 g/mol. The van der Waals surface area contributed by atoms with Gasteiger partial charge in [0, 0.05) is 49.3 Å². The highest BCUT2D eigenvalue weighted by Crippen LogP contribution is 2.56. The van der Waals surface area contributed by atoms with Gasteiger partial charge in [0.05, 0.1) is 46.0 Å². The first-order chi connectivity index (χ1) is 23.6. The van der Waals surface area contributed by atoms with E-state index in [1.165, 1.54) is 27.4 Å². The minimum absolute atomic E-state index is 0.0267. The Bertz CT molecular complexity index is 1730. The van der Waals surface area contributed by atoms with E-state index in [9.17, 15) is 22.8 Å². The molecule has 3 aromatic carbocycles. The Balaban J connectivity index is 1.14. The smallest absolute Gasteiger partial charge is 0.416 e. The maximum absolute atomic E-state index is 13.6. The molecule has 0 N–H and O–H groups in total. The molecular formula is C35H35F3N2O9. The molecule has 0 saturated carbocycles. The van der Waals surface area contributed by atoms with Crippen LogP contribution in [-0.2, 0) is 25.2 Å². The Hall–Kier alpha value is -4.85. The first-order valence-electron chi connectivity index (χ1n) is 15.8. The number of carbonyl (C=O) groups is 2. The van der Waals surface area contributed by atoms with Crippen LogP contribution in [0.15, 0.2) is 48.5 Å². The number of methoxy groups -OCH3 is 3. The molecule has 11 nitrogen and oxygen atoms in total. The van der Waals surface area contributed by atoms with Crippen LogP contribution in [0.5, 0.6) is 28.7 Å². The number of cyclic esters (lactones) is 1. The second-order valence-electron chi connectivity index (χ2n) is 12.3. The van der Waals surface area contributed by atoms with Crippen LogP contribution in [0.2, 0.25) is 0 Å². The van der Waals surface area contributed by atoms with Crippen LogP contribution in [-0.4, -0.2) is 84.3 Å². The Morgan fingerprint density at radius 3 is 2.18 bits per heavy atom. The molecule has 49 heavy (non-hydrogen) atoms. The highest BCUT2D eigenvalue weighted by molar-refractivity contribution is 5.79. The van der Waals surface area contributed by atoms with E-state index in [0.717, 1.165) is 12.1 Å². The van der Waals surface area contributed by atoms with Crippen LogP contribution in [0.3, 0.4) is 0 Å². The van der Waals surface area contributed by atoms with Gasteiger partial charge in [0.15, 0.2) is 23.0 Å². The summed E-state index contributed by atoms with van der Waals surface area (Å²) in [4.78, 5) is 30.8. The molecule has 0 unspecified atom stereocenters. The molecule has 3 aromatic rings. The number of benzene rings is 3. The van der Waals surface area contributed by atoms with Gasteiger partial charge in [-0.05, 0) is 53.6 Å². The van der Waals surface area contributed by atoms with Crippen LogP contribution < -0.4 is 28.6 Å². The summed E-state index contributed by atoms with van der Waals surface area (Å²) in [5.74, 6) is -0.407. The van der Waals surface area contributed by atoms with Crippen molar-refractivity contribution in [3.05, 3.63) is 70.8 Å². The molecule has 2 saturated heterocycles. The molecule has 3 aliphatic heterocycles. The van der Waals surface area contributed by atoms with Gasteiger partial charge in [0.2, 0.25) is 12.5 Å². The summed E-state index contributed by atoms with van der Waals surface area (Å²) in [5.41, 5.74) is 1.88. The number of nitrogens with zero attached hydrogens (tertiary/aromatic N) is 2. The van der Waals surface area contributed by atoms with E-state index in [2.05, 4.69) is 0 Å². The van der Waals surface area contributed by atoms with Crippen molar-refractivity contribution < 1.29 is 55.9 Å². The molecule has 2 fully saturated rings. The second kappa shape index (κ2) is 12.9. The van der Waals surface area contributed by atoms with Gasteiger partial charge in [-0.2, -0.15) is 13.2 Å². The predicted octanol–water partition coefficient (Wildman–Crippen LogP) is 4.80. The van der Waals surface area contributed by atoms with E-state index in [0.29, 0.717) is 77.3 Å². The summed E-state index contributed by atoms with van der Waals surface area (Å²) in [6.45, 7) is 1.81. The summed E-state index contributed by atoms with van der Waals surface area (Å²) >= 11 is 0. The third kappa shape index (κ3) is 6.02. The van der Waals surface area contributed by atoms with Crippen LogP contribution in [0.1, 0.15) is 34.3 Å². The lowest BCUT2D eigenvalue weighted by Crippen LogP contribution is -2.48. The largest absolute Gasteiger partial charge is 0.493 e. The molecule has 0 amide bonds. The van der Waals surface area contributed by atoms with Crippen molar-refractivity contribution in [2.75, 3.05) is 72.4 Å². The molecule has 4 aliphatic rings. The topological polar surface area (TPSA) is 105 Å². The first kappa shape index (κ1) is 32.7. The number of carbonyl (C=O) groups excluding carboxylic acids is 2. The van der Waals surface area contributed by atoms with Gasteiger partial charge in [0.1, 0.15) is 6.10 Å². The van der Waals surface area contributed by atoms with E-state index >= 15 is 0 Å². The van der Waals surface area contributed by atoms with Crippen LogP contribution in [0.4, 0.5) is 18.9 Å². The zero-order chi connectivity index (χ0) is 34.4. The third-order valence-corrected chi connectivity index (χ3v) is 9.69. The number of esters is 2. The Labute approximate surface area is 280 Å². The molecule has 7 rings (SSSR count). The molecular weight excluding hydrogens is 649 g/mol.